The quantitative estimate of drug-likeness (QED) is 0.694. The lowest BCUT2D eigenvalue weighted by Crippen LogP contribution is -2.47. The van der Waals surface area contributed by atoms with Gasteiger partial charge in [-0.2, -0.15) is 8.75 Å². The minimum Gasteiger partial charge on any atom is -0.368 e. The van der Waals surface area contributed by atoms with Crippen molar-refractivity contribution in [1.82, 2.24) is 23.6 Å². The van der Waals surface area contributed by atoms with Crippen LogP contribution in [-0.2, 0) is 23.3 Å². The second-order valence-corrected chi connectivity index (χ2v) is 7.78. The number of hydrogen-bond acceptors (Lipinski definition) is 7. The number of nitrogens with zero attached hydrogens (tertiary/aromatic N) is 5. The van der Waals surface area contributed by atoms with E-state index in [1.807, 2.05) is 13.1 Å². The second kappa shape index (κ2) is 6.33. The van der Waals surface area contributed by atoms with Crippen molar-refractivity contribution in [1.29, 1.82) is 0 Å². The number of likely N-dealkylation sites (tertiary alicyclic amines) is 1. The van der Waals surface area contributed by atoms with Gasteiger partial charge in [-0.25, -0.2) is 9.97 Å². The number of hydrogen-bond donors (Lipinski definition) is 0. The van der Waals surface area contributed by atoms with Crippen LogP contribution < -0.4 is 0 Å². The minimum atomic E-state index is -0.222. The van der Waals surface area contributed by atoms with E-state index in [0.717, 1.165) is 68.1 Å². The van der Waals surface area contributed by atoms with E-state index in [1.165, 1.54) is 22.9 Å². The maximum atomic E-state index is 6.30. The van der Waals surface area contributed by atoms with Crippen molar-refractivity contribution in [3.8, 4) is 0 Å². The summed E-state index contributed by atoms with van der Waals surface area (Å²) in [6.45, 7) is 5.69. The van der Waals surface area contributed by atoms with Crippen molar-refractivity contribution >= 4 is 22.8 Å². The fourth-order valence-electron chi connectivity index (χ4n) is 4.13. The summed E-state index contributed by atoms with van der Waals surface area (Å²) in [5, 5.41) is 0. The van der Waals surface area contributed by atoms with Crippen LogP contribution >= 0.6 is 11.7 Å². The molecule has 5 rings (SSSR count). The zero-order valence-electron chi connectivity index (χ0n) is 14.8. The normalized spacial score (nSPS) is 19.7. The molecule has 2 aliphatic heterocycles. The summed E-state index contributed by atoms with van der Waals surface area (Å²) < 4.78 is 14.9. The molecule has 0 radical (unpaired) electrons. The van der Waals surface area contributed by atoms with Crippen LogP contribution in [0.5, 0.6) is 0 Å². The number of rotatable bonds is 2. The van der Waals surface area contributed by atoms with E-state index in [1.54, 1.807) is 0 Å². The Morgan fingerprint density at radius 3 is 2.92 bits per heavy atom. The number of piperidine rings is 1. The predicted octanol–water partition coefficient (Wildman–Crippen LogP) is 2.85. The molecule has 6 nitrogen and oxygen atoms in total. The van der Waals surface area contributed by atoms with Gasteiger partial charge in [0.1, 0.15) is 22.5 Å². The molecule has 3 aromatic rings. The molecule has 4 heterocycles. The van der Waals surface area contributed by atoms with Crippen LogP contribution in [0.4, 0.5) is 0 Å². The first-order valence-electron chi connectivity index (χ1n) is 9.12. The van der Waals surface area contributed by atoms with E-state index < -0.39 is 0 Å². The SMILES string of the molecule is Cc1ncc2c(n1)C1(CCN(Cc3ccc4nsnc4c3)CC1)OCC2. The summed E-state index contributed by atoms with van der Waals surface area (Å²) in [4.78, 5) is 11.6. The highest BCUT2D eigenvalue weighted by Gasteiger charge is 2.42. The highest BCUT2D eigenvalue weighted by molar-refractivity contribution is 7.00. The van der Waals surface area contributed by atoms with Gasteiger partial charge in [0, 0.05) is 25.8 Å². The van der Waals surface area contributed by atoms with E-state index in [9.17, 15) is 0 Å². The second-order valence-electron chi connectivity index (χ2n) is 7.25. The van der Waals surface area contributed by atoms with Gasteiger partial charge in [0.15, 0.2) is 0 Å². The third kappa shape index (κ3) is 2.80. The molecule has 1 fully saturated rings. The molecule has 0 atom stereocenters. The summed E-state index contributed by atoms with van der Waals surface area (Å²) in [5.41, 5.74) is 5.45. The van der Waals surface area contributed by atoms with Gasteiger partial charge in [-0.05, 0) is 49.4 Å². The Hall–Kier alpha value is -1.96. The molecule has 0 unspecified atom stereocenters. The van der Waals surface area contributed by atoms with Crippen molar-refractivity contribution in [3.63, 3.8) is 0 Å². The van der Waals surface area contributed by atoms with Crippen molar-refractivity contribution in [2.24, 2.45) is 0 Å². The molecule has 0 bridgehead atoms. The molecule has 0 amide bonds. The number of benzene rings is 1. The Kier molecular flexibility index (Phi) is 3.95. The lowest BCUT2D eigenvalue weighted by atomic mass is 9.83. The Labute approximate surface area is 156 Å². The third-order valence-corrected chi connectivity index (χ3v) is 6.11. The summed E-state index contributed by atoms with van der Waals surface area (Å²) in [7, 11) is 0. The molecule has 7 heteroatoms. The topological polar surface area (TPSA) is 64.0 Å². The molecule has 0 N–H and O–H groups in total. The third-order valence-electron chi connectivity index (χ3n) is 5.55. The largest absolute Gasteiger partial charge is 0.368 e. The first kappa shape index (κ1) is 16.2. The fourth-order valence-corrected chi connectivity index (χ4v) is 4.65. The fraction of sp³-hybridized carbons (Fsp3) is 0.474. The number of ether oxygens (including phenoxy) is 1. The number of aromatic nitrogens is 4. The van der Waals surface area contributed by atoms with Crippen LogP contribution in [-0.4, -0.2) is 43.3 Å². The summed E-state index contributed by atoms with van der Waals surface area (Å²) in [5.74, 6) is 0.834. The van der Waals surface area contributed by atoms with Gasteiger partial charge in [-0.15, -0.1) is 0 Å². The van der Waals surface area contributed by atoms with Crippen LogP contribution in [0.2, 0.25) is 0 Å². The molecule has 1 saturated heterocycles. The highest BCUT2D eigenvalue weighted by atomic mass is 32.1. The molecule has 2 aromatic heterocycles. The smallest absolute Gasteiger partial charge is 0.125 e. The van der Waals surface area contributed by atoms with E-state index in [2.05, 4.69) is 36.8 Å². The van der Waals surface area contributed by atoms with Gasteiger partial charge >= 0.3 is 0 Å². The van der Waals surface area contributed by atoms with Crippen LogP contribution in [0.1, 0.15) is 35.5 Å². The summed E-state index contributed by atoms with van der Waals surface area (Å²) in [6, 6.07) is 6.39. The molecule has 2 aliphatic rings. The highest BCUT2D eigenvalue weighted by Crippen LogP contribution is 2.40. The summed E-state index contributed by atoms with van der Waals surface area (Å²) in [6.07, 6.45) is 4.88. The van der Waals surface area contributed by atoms with Crippen LogP contribution in [0.3, 0.4) is 0 Å². The van der Waals surface area contributed by atoms with E-state index in [0.29, 0.717) is 0 Å². The molecule has 1 aromatic carbocycles. The van der Waals surface area contributed by atoms with Crippen molar-refractivity contribution in [2.75, 3.05) is 19.7 Å². The maximum absolute atomic E-state index is 6.30. The number of fused-ring (bicyclic) bond motifs is 3. The Bertz CT molecular complexity index is 948. The molecule has 26 heavy (non-hydrogen) atoms. The monoisotopic (exact) mass is 367 g/mol. The van der Waals surface area contributed by atoms with Gasteiger partial charge in [0.25, 0.3) is 0 Å². The van der Waals surface area contributed by atoms with Gasteiger partial charge < -0.3 is 4.74 Å². The Balaban J connectivity index is 1.33. The van der Waals surface area contributed by atoms with Crippen molar-refractivity contribution < 1.29 is 4.74 Å². The zero-order valence-corrected chi connectivity index (χ0v) is 15.6. The van der Waals surface area contributed by atoms with E-state index >= 15 is 0 Å². The predicted molar refractivity (Wildman–Crippen MR) is 100 cm³/mol. The Morgan fingerprint density at radius 2 is 2.04 bits per heavy atom. The van der Waals surface area contributed by atoms with E-state index in [4.69, 9.17) is 9.72 Å². The lowest BCUT2D eigenvalue weighted by Gasteiger charge is -2.44. The van der Waals surface area contributed by atoms with E-state index in [-0.39, 0.29) is 5.60 Å². The van der Waals surface area contributed by atoms with Crippen LogP contribution in [0.25, 0.3) is 11.0 Å². The zero-order chi connectivity index (χ0) is 17.6. The Morgan fingerprint density at radius 1 is 1.19 bits per heavy atom. The first-order valence-corrected chi connectivity index (χ1v) is 9.85. The average Bonchev–Trinajstić information content (AvgIpc) is 3.12. The van der Waals surface area contributed by atoms with Gasteiger partial charge in [-0.1, -0.05) is 6.07 Å². The average molecular weight is 367 g/mol. The minimum absolute atomic E-state index is 0.222. The van der Waals surface area contributed by atoms with Gasteiger partial charge in [0.05, 0.1) is 24.0 Å². The molecule has 1 spiro atoms. The van der Waals surface area contributed by atoms with Crippen LogP contribution in [0, 0.1) is 6.92 Å². The molecular weight excluding hydrogens is 346 g/mol. The molecular formula is C19H21N5OS. The molecule has 0 saturated carbocycles. The molecule has 0 aliphatic carbocycles. The lowest BCUT2D eigenvalue weighted by molar-refractivity contribution is -0.102. The maximum Gasteiger partial charge on any atom is 0.125 e. The van der Waals surface area contributed by atoms with Crippen molar-refractivity contribution in [3.05, 3.63) is 47.0 Å². The summed E-state index contributed by atoms with van der Waals surface area (Å²) >= 11 is 1.27. The van der Waals surface area contributed by atoms with Gasteiger partial charge in [0.2, 0.25) is 0 Å². The van der Waals surface area contributed by atoms with Gasteiger partial charge in [-0.3, -0.25) is 4.90 Å². The van der Waals surface area contributed by atoms with Crippen molar-refractivity contribution in [2.45, 2.75) is 38.3 Å². The first-order chi connectivity index (χ1) is 12.7. The standard InChI is InChI=1S/C19H21N5OS/c1-13-20-11-15-4-9-25-19(18(15)21-13)5-7-24(8-6-19)12-14-2-3-16-17(10-14)23-26-22-16/h2-3,10-11H,4-9,12H2,1H3. The van der Waals surface area contributed by atoms with Crippen LogP contribution in [0.15, 0.2) is 24.4 Å². The molecule has 134 valence electrons. The number of aryl methyl sites for hydroxylation is 1.